The van der Waals surface area contributed by atoms with Gasteiger partial charge in [-0.2, -0.15) is 0 Å². The van der Waals surface area contributed by atoms with Crippen LogP contribution >= 0.6 is 0 Å². The number of anilines is 3. The SMILES string of the molecule is Cc1cccc(NC(=O)COc2ccc3c(c2)nc(Nc2ccc(OC(F)(F)F)cc2)n3C2CC(C)CC(C)(C)C2)c1. The Hall–Kier alpha value is -4.21. The summed E-state index contributed by atoms with van der Waals surface area (Å²) in [7, 11) is 0. The van der Waals surface area contributed by atoms with Crippen molar-refractivity contribution in [2.24, 2.45) is 11.3 Å². The lowest BCUT2D eigenvalue weighted by atomic mass is 9.70. The number of benzene rings is 3. The van der Waals surface area contributed by atoms with Crippen LogP contribution in [-0.2, 0) is 4.79 Å². The molecule has 1 amide bonds. The van der Waals surface area contributed by atoms with Gasteiger partial charge in [0, 0.05) is 23.5 Å². The molecular formula is C32H35F3N4O3. The second kappa shape index (κ2) is 11.6. The molecule has 5 rings (SSSR count). The first-order chi connectivity index (χ1) is 19.8. The molecule has 1 aliphatic carbocycles. The van der Waals surface area contributed by atoms with Gasteiger partial charge in [-0.15, -0.1) is 13.2 Å². The lowest BCUT2D eigenvalue weighted by molar-refractivity contribution is -0.274. The molecule has 1 saturated carbocycles. The molecule has 2 atom stereocenters. The van der Waals surface area contributed by atoms with E-state index in [0.717, 1.165) is 30.3 Å². The Morgan fingerprint density at radius 1 is 1.02 bits per heavy atom. The van der Waals surface area contributed by atoms with Crippen molar-refractivity contribution >= 4 is 34.3 Å². The number of carbonyl (C=O) groups is 1. The minimum Gasteiger partial charge on any atom is -0.484 e. The molecule has 0 bridgehead atoms. The number of rotatable bonds is 8. The fourth-order valence-corrected chi connectivity index (χ4v) is 6.06. The number of amides is 1. The molecule has 2 N–H and O–H groups in total. The van der Waals surface area contributed by atoms with Crippen molar-refractivity contribution in [3.05, 3.63) is 72.3 Å². The van der Waals surface area contributed by atoms with E-state index in [-0.39, 0.29) is 29.7 Å². The number of halogens is 3. The van der Waals surface area contributed by atoms with Crippen LogP contribution in [0, 0.1) is 18.3 Å². The molecule has 1 fully saturated rings. The van der Waals surface area contributed by atoms with Crippen molar-refractivity contribution in [1.29, 1.82) is 0 Å². The summed E-state index contributed by atoms with van der Waals surface area (Å²) >= 11 is 0. The highest BCUT2D eigenvalue weighted by Crippen LogP contribution is 2.46. The van der Waals surface area contributed by atoms with E-state index >= 15 is 0 Å². The minimum absolute atomic E-state index is 0.139. The van der Waals surface area contributed by atoms with Gasteiger partial charge in [0.1, 0.15) is 11.5 Å². The molecule has 1 heterocycles. The molecule has 42 heavy (non-hydrogen) atoms. The van der Waals surface area contributed by atoms with E-state index in [1.165, 1.54) is 24.3 Å². The van der Waals surface area contributed by atoms with Crippen LogP contribution in [0.4, 0.5) is 30.5 Å². The maximum absolute atomic E-state index is 12.6. The maximum atomic E-state index is 12.6. The Balaban J connectivity index is 1.40. The Morgan fingerprint density at radius 2 is 1.76 bits per heavy atom. The second-order valence-corrected chi connectivity index (χ2v) is 11.9. The fourth-order valence-electron chi connectivity index (χ4n) is 6.06. The van der Waals surface area contributed by atoms with Crippen LogP contribution in [-0.4, -0.2) is 28.4 Å². The summed E-state index contributed by atoms with van der Waals surface area (Å²) in [6.07, 6.45) is -1.71. The van der Waals surface area contributed by atoms with Gasteiger partial charge >= 0.3 is 6.36 Å². The molecule has 2 unspecified atom stereocenters. The number of aromatic nitrogens is 2. The first-order valence-corrected chi connectivity index (χ1v) is 14.0. The number of hydrogen-bond acceptors (Lipinski definition) is 5. The van der Waals surface area contributed by atoms with Crippen molar-refractivity contribution in [1.82, 2.24) is 9.55 Å². The Labute approximate surface area is 243 Å². The minimum atomic E-state index is -4.76. The van der Waals surface area contributed by atoms with E-state index < -0.39 is 6.36 Å². The van der Waals surface area contributed by atoms with Crippen LogP contribution < -0.4 is 20.1 Å². The number of carbonyl (C=O) groups excluding carboxylic acids is 1. The average Bonchev–Trinajstić information content (AvgIpc) is 3.23. The Kier molecular flexibility index (Phi) is 8.08. The Morgan fingerprint density at radius 3 is 2.45 bits per heavy atom. The maximum Gasteiger partial charge on any atom is 0.573 e. The standard InChI is InChI=1S/C32H35F3N4O3/c1-20-6-5-7-23(14-20)36-29(40)19-41-26-12-13-28-27(16-26)38-30(39(28)24-15-21(2)17-31(3,4)18-24)37-22-8-10-25(11-9-22)42-32(33,34)35/h5-14,16,21,24H,15,17-19H2,1-4H3,(H,36,40)(H,37,38). The largest absolute Gasteiger partial charge is 0.573 e. The van der Waals surface area contributed by atoms with Crippen LogP contribution in [0.15, 0.2) is 66.7 Å². The number of alkyl halides is 3. The molecule has 0 spiro atoms. The van der Waals surface area contributed by atoms with Crippen molar-refractivity contribution in [2.45, 2.75) is 59.4 Å². The lowest BCUT2D eigenvalue weighted by Crippen LogP contribution is -2.29. The van der Waals surface area contributed by atoms with Gasteiger partial charge in [-0.1, -0.05) is 32.9 Å². The van der Waals surface area contributed by atoms with E-state index in [1.54, 1.807) is 6.07 Å². The highest BCUT2D eigenvalue weighted by atomic mass is 19.4. The van der Waals surface area contributed by atoms with E-state index in [2.05, 4.69) is 40.7 Å². The molecule has 7 nitrogen and oxygen atoms in total. The van der Waals surface area contributed by atoms with Crippen molar-refractivity contribution in [3.63, 3.8) is 0 Å². The van der Waals surface area contributed by atoms with Crippen LogP contribution in [0.1, 0.15) is 51.6 Å². The zero-order valence-electron chi connectivity index (χ0n) is 24.1. The zero-order valence-corrected chi connectivity index (χ0v) is 24.1. The number of imidazole rings is 1. The van der Waals surface area contributed by atoms with Crippen LogP contribution in [0.2, 0.25) is 0 Å². The van der Waals surface area contributed by atoms with Gasteiger partial charge in [-0.3, -0.25) is 4.79 Å². The monoisotopic (exact) mass is 580 g/mol. The summed E-state index contributed by atoms with van der Waals surface area (Å²) in [5, 5.41) is 6.14. The van der Waals surface area contributed by atoms with Crippen LogP contribution in [0.5, 0.6) is 11.5 Å². The van der Waals surface area contributed by atoms with E-state index in [4.69, 9.17) is 9.72 Å². The number of nitrogens with one attached hydrogen (secondary N) is 2. The number of ether oxygens (including phenoxy) is 2. The molecule has 1 aliphatic rings. The number of fused-ring (bicyclic) bond motifs is 1. The topological polar surface area (TPSA) is 77.4 Å². The van der Waals surface area contributed by atoms with E-state index in [0.29, 0.717) is 34.5 Å². The third-order valence-corrected chi connectivity index (χ3v) is 7.41. The summed E-state index contributed by atoms with van der Waals surface area (Å²) in [4.78, 5) is 17.3. The van der Waals surface area contributed by atoms with E-state index in [9.17, 15) is 18.0 Å². The molecule has 222 valence electrons. The smallest absolute Gasteiger partial charge is 0.484 e. The molecule has 3 aromatic carbocycles. The van der Waals surface area contributed by atoms with Crippen molar-refractivity contribution in [3.8, 4) is 11.5 Å². The van der Waals surface area contributed by atoms with Crippen LogP contribution in [0.25, 0.3) is 11.0 Å². The van der Waals surface area contributed by atoms with Crippen LogP contribution in [0.3, 0.4) is 0 Å². The van der Waals surface area contributed by atoms with E-state index in [1.807, 2.05) is 43.3 Å². The average molecular weight is 581 g/mol. The first-order valence-electron chi connectivity index (χ1n) is 14.0. The molecule has 4 aromatic rings. The normalized spacial score (nSPS) is 18.5. The third kappa shape index (κ3) is 7.35. The number of nitrogens with zero attached hydrogens (tertiary/aromatic N) is 2. The fraction of sp³-hybridized carbons (Fsp3) is 0.375. The Bertz CT molecular complexity index is 1560. The first kappa shape index (κ1) is 29.3. The van der Waals surface area contributed by atoms with Gasteiger partial charge in [-0.25, -0.2) is 4.98 Å². The van der Waals surface area contributed by atoms with Crippen molar-refractivity contribution in [2.75, 3.05) is 17.2 Å². The molecule has 1 aromatic heterocycles. The molecular weight excluding hydrogens is 545 g/mol. The van der Waals surface area contributed by atoms with Gasteiger partial charge in [-0.05, 0) is 91.6 Å². The van der Waals surface area contributed by atoms with Gasteiger partial charge in [0.05, 0.1) is 11.0 Å². The summed E-state index contributed by atoms with van der Waals surface area (Å²) in [6, 6.07) is 18.8. The predicted octanol–water partition coefficient (Wildman–Crippen LogP) is 8.39. The highest BCUT2D eigenvalue weighted by Gasteiger charge is 2.35. The van der Waals surface area contributed by atoms with Crippen molar-refractivity contribution < 1.29 is 27.4 Å². The van der Waals surface area contributed by atoms with Gasteiger partial charge in [0.25, 0.3) is 5.91 Å². The van der Waals surface area contributed by atoms with Gasteiger partial charge in [0.15, 0.2) is 6.61 Å². The summed E-state index contributed by atoms with van der Waals surface area (Å²) < 4.78 is 49.9. The second-order valence-electron chi connectivity index (χ2n) is 11.9. The molecule has 0 saturated heterocycles. The molecule has 10 heteroatoms. The molecule has 0 aliphatic heterocycles. The summed E-state index contributed by atoms with van der Waals surface area (Å²) in [5.41, 5.74) is 4.05. The van der Waals surface area contributed by atoms with Gasteiger partial charge < -0.3 is 24.7 Å². The summed E-state index contributed by atoms with van der Waals surface area (Å²) in [6.45, 7) is 8.60. The number of aryl methyl sites for hydroxylation is 1. The zero-order chi connectivity index (χ0) is 30.1. The van der Waals surface area contributed by atoms with Gasteiger partial charge in [0.2, 0.25) is 5.95 Å². The highest BCUT2D eigenvalue weighted by molar-refractivity contribution is 5.92. The lowest BCUT2D eigenvalue weighted by Gasteiger charge is -2.40. The molecule has 0 radical (unpaired) electrons. The predicted molar refractivity (Wildman–Crippen MR) is 157 cm³/mol. The quantitative estimate of drug-likeness (QED) is 0.219. The number of hydrogen-bond donors (Lipinski definition) is 2. The third-order valence-electron chi connectivity index (χ3n) is 7.41. The summed E-state index contributed by atoms with van der Waals surface area (Å²) in [5.74, 6) is 1.03.